The van der Waals surface area contributed by atoms with E-state index in [1.807, 2.05) is 0 Å². The Morgan fingerprint density at radius 1 is 1.19 bits per heavy atom. The van der Waals surface area contributed by atoms with Crippen molar-refractivity contribution in [1.82, 2.24) is 4.31 Å². The van der Waals surface area contributed by atoms with Crippen LogP contribution in [0.25, 0.3) is 0 Å². The van der Waals surface area contributed by atoms with Gasteiger partial charge in [0.2, 0.25) is 10.0 Å². The molecule has 0 spiro atoms. The molecule has 2 aliphatic rings. The summed E-state index contributed by atoms with van der Waals surface area (Å²) in [5, 5.41) is 8.86. The van der Waals surface area contributed by atoms with Gasteiger partial charge in [0.05, 0.1) is 11.7 Å². The van der Waals surface area contributed by atoms with Crippen molar-refractivity contribution in [2.45, 2.75) is 38.1 Å². The van der Waals surface area contributed by atoms with Gasteiger partial charge in [0.1, 0.15) is 0 Å². The highest BCUT2D eigenvalue weighted by atomic mass is 32.2. The van der Waals surface area contributed by atoms with Crippen molar-refractivity contribution >= 4 is 16.0 Å². The van der Waals surface area contributed by atoms with E-state index in [1.165, 1.54) is 0 Å². The average molecular weight is 247 g/mol. The number of nitrogens with zero attached hydrogens (tertiary/aromatic N) is 1. The van der Waals surface area contributed by atoms with Crippen LogP contribution in [0.2, 0.25) is 0 Å². The molecule has 0 unspecified atom stereocenters. The molecular formula is C10H17NO4S. The van der Waals surface area contributed by atoms with E-state index in [1.54, 1.807) is 4.31 Å². The van der Waals surface area contributed by atoms with Crippen molar-refractivity contribution in [1.29, 1.82) is 0 Å². The first-order chi connectivity index (χ1) is 7.50. The topological polar surface area (TPSA) is 74.7 Å². The van der Waals surface area contributed by atoms with Crippen molar-refractivity contribution in [3.8, 4) is 0 Å². The predicted molar refractivity (Wildman–Crippen MR) is 58.5 cm³/mol. The molecule has 2 rings (SSSR count). The van der Waals surface area contributed by atoms with Gasteiger partial charge in [-0.05, 0) is 32.1 Å². The Morgan fingerprint density at radius 2 is 1.81 bits per heavy atom. The van der Waals surface area contributed by atoms with Crippen LogP contribution >= 0.6 is 0 Å². The third-order valence-corrected chi connectivity index (χ3v) is 5.59. The third kappa shape index (κ3) is 2.22. The van der Waals surface area contributed by atoms with Gasteiger partial charge in [0.25, 0.3) is 0 Å². The fourth-order valence-corrected chi connectivity index (χ4v) is 4.48. The lowest BCUT2D eigenvalue weighted by molar-refractivity contribution is -0.143. The molecule has 1 saturated carbocycles. The van der Waals surface area contributed by atoms with Gasteiger partial charge in [-0.1, -0.05) is 0 Å². The standard InChI is InChI=1S/C10H17NO4S/c12-10(13)8-2-4-9(5-3-8)11-6-1-7-16(11,14)15/h8-9H,1-7H2,(H,12,13). The SMILES string of the molecule is O=C(O)C1CCC(N2CCCS2(=O)=O)CC1. The van der Waals surface area contributed by atoms with Crippen molar-refractivity contribution < 1.29 is 18.3 Å². The molecule has 0 bridgehead atoms. The molecule has 0 radical (unpaired) electrons. The first-order valence-electron chi connectivity index (χ1n) is 5.73. The second-order valence-electron chi connectivity index (χ2n) is 4.62. The molecule has 0 aromatic carbocycles. The molecule has 0 atom stereocenters. The smallest absolute Gasteiger partial charge is 0.306 e. The average Bonchev–Trinajstić information content (AvgIpc) is 2.58. The Kier molecular flexibility index (Phi) is 3.21. The van der Waals surface area contributed by atoms with E-state index in [-0.39, 0.29) is 17.7 Å². The van der Waals surface area contributed by atoms with Crippen molar-refractivity contribution in [3.05, 3.63) is 0 Å². The van der Waals surface area contributed by atoms with Gasteiger partial charge in [-0.3, -0.25) is 4.79 Å². The van der Waals surface area contributed by atoms with Gasteiger partial charge in [-0.25, -0.2) is 8.42 Å². The van der Waals surface area contributed by atoms with Gasteiger partial charge in [0, 0.05) is 12.6 Å². The normalized spacial score (nSPS) is 35.0. The molecule has 0 amide bonds. The molecule has 2 fully saturated rings. The molecule has 92 valence electrons. The minimum absolute atomic E-state index is 0.0445. The van der Waals surface area contributed by atoms with Gasteiger partial charge in [0.15, 0.2) is 0 Å². The molecule has 1 saturated heterocycles. The van der Waals surface area contributed by atoms with Crippen LogP contribution in [-0.4, -0.2) is 42.1 Å². The largest absolute Gasteiger partial charge is 0.481 e. The zero-order valence-corrected chi connectivity index (χ0v) is 9.95. The molecule has 1 heterocycles. The Morgan fingerprint density at radius 3 is 2.25 bits per heavy atom. The van der Waals surface area contributed by atoms with E-state index in [4.69, 9.17) is 5.11 Å². The minimum atomic E-state index is -3.04. The molecule has 16 heavy (non-hydrogen) atoms. The predicted octanol–water partition coefficient (Wildman–Crippen LogP) is 0.665. The Balaban J connectivity index is 1.97. The van der Waals surface area contributed by atoms with Crippen LogP contribution in [0.4, 0.5) is 0 Å². The number of sulfonamides is 1. The fourth-order valence-electron chi connectivity index (χ4n) is 2.68. The van der Waals surface area contributed by atoms with Crippen LogP contribution in [0.15, 0.2) is 0 Å². The lowest BCUT2D eigenvalue weighted by Crippen LogP contribution is -2.40. The summed E-state index contributed by atoms with van der Waals surface area (Å²) in [5.41, 5.74) is 0. The molecule has 1 aliphatic heterocycles. The summed E-state index contributed by atoms with van der Waals surface area (Å²) < 4.78 is 25.0. The number of carboxylic acid groups (broad SMARTS) is 1. The molecule has 1 aliphatic carbocycles. The molecule has 5 nitrogen and oxygen atoms in total. The summed E-state index contributed by atoms with van der Waals surface area (Å²) in [6.07, 6.45) is 3.30. The van der Waals surface area contributed by atoms with Crippen LogP contribution in [0.5, 0.6) is 0 Å². The fraction of sp³-hybridized carbons (Fsp3) is 0.900. The first kappa shape index (κ1) is 11.9. The highest BCUT2D eigenvalue weighted by Crippen LogP contribution is 2.31. The maximum Gasteiger partial charge on any atom is 0.306 e. The van der Waals surface area contributed by atoms with Gasteiger partial charge in [-0.2, -0.15) is 4.31 Å². The van der Waals surface area contributed by atoms with Crippen molar-refractivity contribution in [2.24, 2.45) is 5.92 Å². The monoisotopic (exact) mass is 247 g/mol. The van der Waals surface area contributed by atoms with E-state index >= 15 is 0 Å². The molecule has 6 heteroatoms. The van der Waals surface area contributed by atoms with Crippen molar-refractivity contribution in [2.75, 3.05) is 12.3 Å². The highest BCUT2D eigenvalue weighted by Gasteiger charge is 2.37. The van der Waals surface area contributed by atoms with Gasteiger partial charge >= 0.3 is 5.97 Å². The highest BCUT2D eigenvalue weighted by molar-refractivity contribution is 7.89. The summed E-state index contributed by atoms with van der Waals surface area (Å²) >= 11 is 0. The van der Waals surface area contributed by atoms with Gasteiger partial charge < -0.3 is 5.11 Å². The lowest BCUT2D eigenvalue weighted by atomic mass is 9.86. The van der Waals surface area contributed by atoms with E-state index in [9.17, 15) is 13.2 Å². The number of aliphatic carboxylic acids is 1. The van der Waals surface area contributed by atoms with Crippen LogP contribution in [0, 0.1) is 5.92 Å². The number of rotatable bonds is 2. The summed E-state index contributed by atoms with van der Waals surface area (Å²) in [5.74, 6) is -0.768. The number of carbonyl (C=O) groups is 1. The van der Waals surface area contributed by atoms with E-state index < -0.39 is 16.0 Å². The van der Waals surface area contributed by atoms with Crippen LogP contribution in [0.3, 0.4) is 0 Å². The van der Waals surface area contributed by atoms with E-state index in [0.29, 0.717) is 38.6 Å². The Bertz CT molecular complexity index is 370. The van der Waals surface area contributed by atoms with Crippen LogP contribution in [0.1, 0.15) is 32.1 Å². The Hall–Kier alpha value is -0.620. The number of carboxylic acids is 1. The summed E-state index contributed by atoms with van der Waals surface area (Å²) in [7, 11) is -3.04. The molecule has 0 aromatic rings. The third-order valence-electron chi connectivity index (χ3n) is 3.59. The molecular weight excluding hydrogens is 230 g/mol. The molecule has 1 N–H and O–H groups in total. The number of hydrogen-bond acceptors (Lipinski definition) is 3. The Labute approximate surface area is 95.5 Å². The lowest BCUT2D eigenvalue weighted by Gasteiger charge is -2.31. The van der Waals surface area contributed by atoms with Crippen molar-refractivity contribution in [3.63, 3.8) is 0 Å². The van der Waals surface area contributed by atoms with Gasteiger partial charge in [-0.15, -0.1) is 0 Å². The maximum atomic E-state index is 11.7. The quantitative estimate of drug-likeness (QED) is 0.778. The van der Waals surface area contributed by atoms with E-state index in [2.05, 4.69) is 0 Å². The first-order valence-corrected chi connectivity index (χ1v) is 7.34. The summed E-state index contributed by atoms with van der Waals surface area (Å²) in [6.45, 7) is 0.616. The summed E-state index contributed by atoms with van der Waals surface area (Å²) in [6, 6.07) is 0.0445. The maximum absolute atomic E-state index is 11.7. The summed E-state index contributed by atoms with van der Waals surface area (Å²) in [4.78, 5) is 10.8. The van der Waals surface area contributed by atoms with Crippen LogP contribution < -0.4 is 0 Å². The minimum Gasteiger partial charge on any atom is -0.481 e. The van der Waals surface area contributed by atoms with E-state index in [0.717, 1.165) is 0 Å². The zero-order chi connectivity index (χ0) is 11.8. The second kappa shape index (κ2) is 4.33. The number of hydrogen-bond donors (Lipinski definition) is 1. The molecule has 0 aromatic heterocycles. The van der Waals surface area contributed by atoms with Crippen LogP contribution in [-0.2, 0) is 14.8 Å². The zero-order valence-electron chi connectivity index (χ0n) is 9.13. The second-order valence-corrected chi connectivity index (χ2v) is 6.67.